The second-order valence-electron chi connectivity index (χ2n) is 4.44. The van der Waals surface area contributed by atoms with Crippen molar-refractivity contribution in [2.45, 2.75) is 11.8 Å². The van der Waals surface area contributed by atoms with E-state index in [4.69, 9.17) is 10.5 Å². The normalized spacial score (nSPS) is 11.0. The number of pyridine rings is 1. The van der Waals surface area contributed by atoms with Crippen molar-refractivity contribution in [2.24, 2.45) is 0 Å². The number of nitrogens with two attached hydrogens (primary N) is 1. The van der Waals surface area contributed by atoms with Gasteiger partial charge in [0.1, 0.15) is 10.7 Å². The number of hydrogen-bond donors (Lipinski definition) is 2. The van der Waals surface area contributed by atoms with Gasteiger partial charge in [-0.2, -0.15) is 0 Å². The van der Waals surface area contributed by atoms with Crippen LogP contribution in [0.4, 0.5) is 11.5 Å². The maximum absolute atomic E-state index is 12.4. The fourth-order valence-corrected chi connectivity index (χ4v) is 3.39. The van der Waals surface area contributed by atoms with Crippen LogP contribution >= 0.6 is 15.9 Å². The predicted molar refractivity (Wildman–Crippen MR) is 89.6 cm³/mol. The van der Waals surface area contributed by atoms with Crippen LogP contribution < -0.4 is 10.5 Å². The highest BCUT2D eigenvalue weighted by molar-refractivity contribution is 9.10. The number of anilines is 2. The van der Waals surface area contributed by atoms with E-state index in [0.717, 1.165) is 0 Å². The number of esters is 1. The average Bonchev–Trinajstić information content (AvgIpc) is 2.50. The molecule has 2 rings (SSSR count). The molecule has 0 saturated heterocycles. The van der Waals surface area contributed by atoms with Gasteiger partial charge in [0.2, 0.25) is 0 Å². The Kier molecular flexibility index (Phi) is 5.22. The van der Waals surface area contributed by atoms with E-state index < -0.39 is 16.0 Å². The first-order valence-corrected chi connectivity index (χ1v) is 8.82. The zero-order chi connectivity index (χ0) is 17.0. The number of nitrogens with one attached hydrogen (secondary N) is 1. The van der Waals surface area contributed by atoms with Gasteiger partial charge in [0.25, 0.3) is 10.0 Å². The molecule has 0 saturated carbocycles. The van der Waals surface area contributed by atoms with E-state index in [0.29, 0.717) is 10.0 Å². The molecule has 0 aliphatic heterocycles. The molecule has 0 bridgehead atoms. The monoisotopic (exact) mass is 399 g/mol. The average molecular weight is 400 g/mol. The summed E-state index contributed by atoms with van der Waals surface area (Å²) in [5, 5.41) is 0. The summed E-state index contributed by atoms with van der Waals surface area (Å²) in [5.74, 6) is -0.578. The zero-order valence-corrected chi connectivity index (χ0v) is 14.5. The van der Waals surface area contributed by atoms with E-state index in [1.807, 2.05) is 0 Å². The van der Waals surface area contributed by atoms with Crippen molar-refractivity contribution in [3.05, 3.63) is 46.6 Å². The summed E-state index contributed by atoms with van der Waals surface area (Å²) in [6.45, 7) is 1.97. The number of rotatable bonds is 5. The molecule has 0 spiro atoms. The van der Waals surface area contributed by atoms with Gasteiger partial charge in [0, 0.05) is 16.4 Å². The Bertz CT molecular complexity index is 822. The molecule has 122 valence electrons. The van der Waals surface area contributed by atoms with Crippen molar-refractivity contribution in [3.63, 3.8) is 0 Å². The molecule has 0 amide bonds. The van der Waals surface area contributed by atoms with E-state index in [9.17, 15) is 13.2 Å². The highest BCUT2D eigenvalue weighted by Crippen LogP contribution is 2.23. The molecular formula is C14H14BrN3O4S. The molecular weight excluding hydrogens is 386 g/mol. The van der Waals surface area contributed by atoms with Gasteiger partial charge in [-0.3, -0.25) is 4.72 Å². The lowest BCUT2D eigenvalue weighted by Gasteiger charge is -2.10. The third-order valence-electron chi connectivity index (χ3n) is 2.79. The van der Waals surface area contributed by atoms with Crippen molar-refractivity contribution >= 4 is 43.4 Å². The SMILES string of the molecule is CCOC(=O)c1ccc(NS(=O)(=O)c2cc(Br)cnc2N)cc1. The molecule has 9 heteroatoms. The maximum atomic E-state index is 12.4. The molecule has 0 fully saturated rings. The number of ether oxygens (including phenoxy) is 1. The molecule has 1 aromatic carbocycles. The van der Waals surface area contributed by atoms with E-state index in [1.165, 1.54) is 36.5 Å². The third kappa shape index (κ3) is 4.20. The number of nitrogens with zero attached hydrogens (tertiary/aromatic N) is 1. The predicted octanol–water partition coefficient (Wildman–Crippen LogP) is 2.40. The standard InChI is InChI=1S/C14H14BrN3O4S/c1-2-22-14(19)9-3-5-11(6-4-9)18-23(20,21)12-7-10(15)8-17-13(12)16/h3-8,18H,2H2,1H3,(H2,16,17). The van der Waals surface area contributed by atoms with Crippen LogP contribution in [0.5, 0.6) is 0 Å². The summed E-state index contributed by atoms with van der Waals surface area (Å²) < 4.78 is 32.4. The number of sulfonamides is 1. The van der Waals surface area contributed by atoms with Crippen LogP contribution in [0.3, 0.4) is 0 Å². The molecule has 1 aromatic heterocycles. The highest BCUT2D eigenvalue weighted by Gasteiger charge is 2.19. The van der Waals surface area contributed by atoms with Crippen LogP contribution in [0.15, 0.2) is 45.9 Å². The molecule has 1 heterocycles. The summed E-state index contributed by atoms with van der Waals surface area (Å²) in [7, 11) is -3.89. The number of hydrogen-bond acceptors (Lipinski definition) is 6. The van der Waals surface area contributed by atoms with Crippen molar-refractivity contribution in [1.82, 2.24) is 4.98 Å². The van der Waals surface area contributed by atoms with Gasteiger partial charge < -0.3 is 10.5 Å². The number of carbonyl (C=O) groups excluding carboxylic acids is 1. The summed E-state index contributed by atoms with van der Waals surface area (Å²) in [4.78, 5) is 15.2. The molecule has 7 nitrogen and oxygen atoms in total. The van der Waals surface area contributed by atoms with Gasteiger partial charge in [-0.1, -0.05) is 0 Å². The number of aromatic nitrogens is 1. The summed E-state index contributed by atoms with van der Waals surface area (Å²) >= 11 is 3.15. The van der Waals surface area contributed by atoms with Gasteiger partial charge in [-0.15, -0.1) is 0 Å². The van der Waals surface area contributed by atoms with Crippen LogP contribution in [0, 0.1) is 0 Å². The fourth-order valence-electron chi connectivity index (χ4n) is 1.75. The molecule has 0 radical (unpaired) electrons. The van der Waals surface area contributed by atoms with Gasteiger partial charge in [0.15, 0.2) is 0 Å². The van der Waals surface area contributed by atoms with E-state index in [2.05, 4.69) is 25.6 Å². The topological polar surface area (TPSA) is 111 Å². The second-order valence-corrected chi connectivity index (χ2v) is 7.01. The van der Waals surface area contributed by atoms with Crippen LogP contribution in [-0.2, 0) is 14.8 Å². The number of nitrogen functional groups attached to an aromatic ring is 1. The van der Waals surface area contributed by atoms with Crippen LogP contribution in [0.25, 0.3) is 0 Å². The lowest BCUT2D eigenvalue weighted by Crippen LogP contribution is -2.15. The van der Waals surface area contributed by atoms with Gasteiger partial charge in [-0.05, 0) is 53.2 Å². The Morgan fingerprint density at radius 1 is 1.35 bits per heavy atom. The fraction of sp³-hybridized carbons (Fsp3) is 0.143. The number of benzene rings is 1. The van der Waals surface area contributed by atoms with E-state index >= 15 is 0 Å². The quantitative estimate of drug-likeness (QED) is 0.746. The van der Waals surface area contributed by atoms with Crippen molar-refractivity contribution in [2.75, 3.05) is 17.1 Å². The minimum absolute atomic E-state index is 0.108. The second kappa shape index (κ2) is 6.97. The number of carbonyl (C=O) groups is 1. The Labute approximate surface area is 142 Å². The molecule has 3 N–H and O–H groups in total. The first kappa shape index (κ1) is 17.2. The Morgan fingerprint density at radius 3 is 2.61 bits per heavy atom. The minimum Gasteiger partial charge on any atom is -0.462 e. The molecule has 0 aliphatic carbocycles. The number of halogens is 1. The van der Waals surface area contributed by atoms with Gasteiger partial charge in [0.05, 0.1) is 12.2 Å². The Hall–Kier alpha value is -2.13. The van der Waals surface area contributed by atoms with Crippen LogP contribution in [0.2, 0.25) is 0 Å². The third-order valence-corrected chi connectivity index (χ3v) is 4.63. The summed E-state index contributed by atoms with van der Waals surface area (Å²) in [6, 6.07) is 7.23. The first-order chi connectivity index (χ1) is 10.8. The van der Waals surface area contributed by atoms with Crippen LogP contribution in [0.1, 0.15) is 17.3 Å². The van der Waals surface area contributed by atoms with Gasteiger partial charge in [-0.25, -0.2) is 18.2 Å². The Balaban J connectivity index is 2.24. The van der Waals surface area contributed by atoms with E-state index in [1.54, 1.807) is 6.92 Å². The zero-order valence-electron chi connectivity index (χ0n) is 12.1. The van der Waals surface area contributed by atoms with Crippen molar-refractivity contribution in [3.8, 4) is 0 Å². The molecule has 0 aliphatic rings. The first-order valence-electron chi connectivity index (χ1n) is 6.54. The van der Waals surface area contributed by atoms with Crippen molar-refractivity contribution in [1.29, 1.82) is 0 Å². The molecule has 23 heavy (non-hydrogen) atoms. The molecule has 2 aromatic rings. The lowest BCUT2D eigenvalue weighted by molar-refractivity contribution is 0.0526. The highest BCUT2D eigenvalue weighted by atomic mass is 79.9. The van der Waals surface area contributed by atoms with Crippen molar-refractivity contribution < 1.29 is 17.9 Å². The van der Waals surface area contributed by atoms with Crippen LogP contribution in [-0.4, -0.2) is 26.0 Å². The summed E-state index contributed by atoms with van der Waals surface area (Å²) in [5.41, 5.74) is 6.24. The lowest BCUT2D eigenvalue weighted by atomic mass is 10.2. The molecule has 0 atom stereocenters. The van der Waals surface area contributed by atoms with E-state index in [-0.39, 0.29) is 23.0 Å². The maximum Gasteiger partial charge on any atom is 0.338 e. The Morgan fingerprint density at radius 2 is 2.00 bits per heavy atom. The smallest absolute Gasteiger partial charge is 0.338 e. The van der Waals surface area contributed by atoms with Gasteiger partial charge >= 0.3 is 5.97 Å². The minimum atomic E-state index is -3.89. The largest absolute Gasteiger partial charge is 0.462 e. The molecule has 0 unspecified atom stereocenters. The summed E-state index contributed by atoms with van der Waals surface area (Å²) in [6.07, 6.45) is 1.41.